The molecule has 7 heteroatoms. The van der Waals surface area contributed by atoms with Crippen molar-refractivity contribution in [1.29, 1.82) is 0 Å². The maximum Gasteiger partial charge on any atom is 0.274 e. The van der Waals surface area contributed by atoms with E-state index in [0.717, 1.165) is 25.5 Å². The Labute approximate surface area is 112 Å². The molecule has 1 amide bonds. The minimum Gasteiger partial charge on any atom is -0.395 e. The van der Waals surface area contributed by atoms with E-state index in [0.29, 0.717) is 18.8 Å². The molecule has 0 saturated carbocycles. The molecule has 0 unspecified atom stereocenters. The van der Waals surface area contributed by atoms with Crippen LogP contribution in [-0.2, 0) is 11.3 Å². The molecule has 1 aliphatic heterocycles. The number of anilines is 1. The highest BCUT2D eigenvalue weighted by Gasteiger charge is 2.21. The summed E-state index contributed by atoms with van der Waals surface area (Å²) in [6, 6.07) is 0. The number of imidazole rings is 1. The topological polar surface area (TPSA) is 79.6 Å². The molecule has 0 aromatic carbocycles. The number of nitrogens with one attached hydrogen (secondary N) is 1. The van der Waals surface area contributed by atoms with Crippen LogP contribution in [0.25, 0.3) is 0 Å². The quantitative estimate of drug-likeness (QED) is 0.745. The molecule has 106 valence electrons. The zero-order chi connectivity index (χ0) is 13.7. The maximum atomic E-state index is 12.3. The summed E-state index contributed by atoms with van der Waals surface area (Å²) in [4.78, 5) is 18.2. The first-order chi connectivity index (χ1) is 9.26. The lowest BCUT2D eigenvalue weighted by molar-refractivity contribution is 0.0651. The van der Waals surface area contributed by atoms with Gasteiger partial charge in [-0.25, -0.2) is 4.98 Å². The fraction of sp³-hybridized carbons (Fsp3) is 0.667. The summed E-state index contributed by atoms with van der Waals surface area (Å²) in [5.74, 6) is 0.570. The molecule has 0 saturated heterocycles. The SMILES string of the molecule is COCCN(CCO)C(=O)c1cn2c(n1)NCCC2. The first kappa shape index (κ1) is 13.8. The van der Waals surface area contributed by atoms with Crippen LogP contribution in [-0.4, -0.2) is 65.4 Å². The molecule has 2 heterocycles. The van der Waals surface area contributed by atoms with Gasteiger partial charge in [-0.2, -0.15) is 0 Å². The lowest BCUT2D eigenvalue weighted by atomic mass is 10.3. The largest absolute Gasteiger partial charge is 0.395 e. The molecular formula is C12H20N4O3. The standard InChI is InChI=1S/C12H20N4O3/c1-19-8-6-15(5-7-17)11(18)10-9-16-4-2-3-13-12(16)14-10/h9,17H,2-8H2,1H3,(H,13,14). The van der Waals surface area contributed by atoms with Crippen molar-refractivity contribution in [3.63, 3.8) is 0 Å². The average Bonchev–Trinajstić information content (AvgIpc) is 2.86. The van der Waals surface area contributed by atoms with E-state index in [2.05, 4.69) is 10.3 Å². The van der Waals surface area contributed by atoms with Crippen molar-refractivity contribution < 1.29 is 14.6 Å². The number of hydrogen-bond acceptors (Lipinski definition) is 5. The van der Waals surface area contributed by atoms with Crippen LogP contribution in [0, 0.1) is 0 Å². The molecule has 0 atom stereocenters. The predicted molar refractivity (Wildman–Crippen MR) is 70.2 cm³/mol. The Balaban J connectivity index is 2.09. The second kappa shape index (κ2) is 6.53. The van der Waals surface area contributed by atoms with Gasteiger partial charge >= 0.3 is 0 Å². The molecule has 2 N–H and O–H groups in total. The molecule has 1 aromatic heterocycles. The normalized spacial score (nSPS) is 13.8. The zero-order valence-corrected chi connectivity index (χ0v) is 11.1. The van der Waals surface area contributed by atoms with Gasteiger partial charge in [0.25, 0.3) is 5.91 Å². The Hall–Kier alpha value is -1.60. The number of ether oxygens (including phenoxy) is 1. The molecule has 0 aliphatic carbocycles. The maximum absolute atomic E-state index is 12.3. The van der Waals surface area contributed by atoms with Gasteiger partial charge in [0.15, 0.2) is 0 Å². The average molecular weight is 268 g/mol. The van der Waals surface area contributed by atoms with Gasteiger partial charge < -0.3 is 24.6 Å². The number of aliphatic hydroxyl groups is 1. The molecule has 1 aliphatic rings. The Morgan fingerprint density at radius 1 is 1.63 bits per heavy atom. The van der Waals surface area contributed by atoms with Crippen LogP contribution < -0.4 is 5.32 Å². The highest BCUT2D eigenvalue weighted by Crippen LogP contribution is 2.15. The van der Waals surface area contributed by atoms with Crippen LogP contribution in [0.2, 0.25) is 0 Å². The highest BCUT2D eigenvalue weighted by molar-refractivity contribution is 5.92. The van der Waals surface area contributed by atoms with E-state index in [9.17, 15) is 4.79 Å². The van der Waals surface area contributed by atoms with Gasteiger partial charge in [0.1, 0.15) is 5.69 Å². The number of methoxy groups -OCH3 is 1. The van der Waals surface area contributed by atoms with E-state index in [1.54, 1.807) is 18.2 Å². The monoisotopic (exact) mass is 268 g/mol. The van der Waals surface area contributed by atoms with Crippen molar-refractivity contribution in [3.05, 3.63) is 11.9 Å². The summed E-state index contributed by atoms with van der Waals surface area (Å²) in [6.07, 6.45) is 2.79. The van der Waals surface area contributed by atoms with Gasteiger partial charge in [-0.15, -0.1) is 0 Å². The van der Waals surface area contributed by atoms with E-state index in [1.165, 1.54) is 0 Å². The van der Waals surface area contributed by atoms with E-state index in [1.807, 2.05) is 4.57 Å². The van der Waals surface area contributed by atoms with Gasteiger partial charge in [-0.05, 0) is 6.42 Å². The predicted octanol–water partition coefficient (Wildman–Crippen LogP) is -0.220. The number of fused-ring (bicyclic) bond motifs is 1. The van der Waals surface area contributed by atoms with Gasteiger partial charge in [-0.1, -0.05) is 0 Å². The number of carbonyl (C=O) groups excluding carboxylic acids is 1. The number of aliphatic hydroxyl groups excluding tert-OH is 1. The summed E-state index contributed by atoms with van der Waals surface area (Å²) in [5, 5.41) is 12.2. The lowest BCUT2D eigenvalue weighted by Crippen LogP contribution is -2.36. The summed E-state index contributed by atoms with van der Waals surface area (Å²) in [6.45, 7) is 2.87. The minimum atomic E-state index is -0.171. The van der Waals surface area contributed by atoms with Crippen molar-refractivity contribution in [2.24, 2.45) is 0 Å². The second-order valence-electron chi connectivity index (χ2n) is 4.43. The number of rotatable bonds is 6. The van der Waals surface area contributed by atoms with Gasteiger partial charge in [0, 0.05) is 39.5 Å². The Morgan fingerprint density at radius 2 is 2.47 bits per heavy atom. The number of amides is 1. The number of carbonyl (C=O) groups is 1. The molecule has 7 nitrogen and oxygen atoms in total. The Bertz CT molecular complexity index is 409. The summed E-state index contributed by atoms with van der Waals surface area (Å²) in [5.41, 5.74) is 0.411. The Morgan fingerprint density at radius 3 is 3.16 bits per heavy atom. The third kappa shape index (κ3) is 3.24. The van der Waals surface area contributed by atoms with Crippen molar-refractivity contribution in [2.75, 3.05) is 45.3 Å². The molecular weight excluding hydrogens is 248 g/mol. The van der Waals surface area contributed by atoms with Gasteiger partial charge in [0.2, 0.25) is 5.95 Å². The van der Waals surface area contributed by atoms with E-state index >= 15 is 0 Å². The van der Waals surface area contributed by atoms with E-state index < -0.39 is 0 Å². The number of aromatic nitrogens is 2. The molecule has 0 fully saturated rings. The Kier molecular flexibility index (Phi) is 4.75. The zero-order valence-electron chi connectivity index (χ0n) is 11.1. The molecule has 0 spiro atoms. The molecule has 19 heavy (non-hydrogen) atoms. The molecule has 0 radical (unpaired) electrons. The van der Waals surface area contributed by atoms with Crippen LogP contribution >= 0.6 is 0 Å². The van der Waals surface area contributed by atoms with Crippen LogP contribution in [0.4, 0.5) is 5.95 Å². The van der Waals surface area contributed by atoms with Crippen LogP contribution in [0.5, 0.6) is 0 Å². The first-order valence-corrected chi connectivity index (χ1v) is 6.46. The van der Waals surface area contributed by atoms with Gasteiger partial charge in [-0.3, -0.25) is 4.79 Å². The fourth-order valence-corrected chi connectivity index (χ4v) is 2.08. The van der Waals surface area contributed by atoms with Crippen LogP contribution in [0.3, 0.4) is 0 Å². The number of aryl methyl sites for hydroxylation is 1. The summed E-state index contributed by atoms with van der Waals surface area (Å²) < 4.78 is 6.92. The van der Waals surface area contributed by atoms with Gasteiger partial charge in [0.05, 0.1) is 13.2 Å². The summed E-state index contributed by atoms with van der Waals surface area (Å²) in [7, 11) is 1.58. The van der Waals surface area contributed by atoms with Crippen molar-refractivity contribution in [2.45, 2.75) is 13.0 Å². The van der Waals surface area contributed by atoms with Crippen molar-refractivity contribution in [1.82, 2.24) is 14.5 Å². The van der Waals surface area contributed by atoms with Crippen molar-refractivity contribution in [3.8, 4) is 0 Å². The first-order valence-electron chi connectivity index (χ1n) is 6.46. The summed E-state index contributed by atoms with van der Waals surface area (Å²) >= 11 is 0. The smallest absolute Gasteiger partial charge is 0.274 e. The third-order valence-electron chi connectivity index (χ3n) is 3.08. The van der Waals surface area contributed by atoms with Crippen LogP contribution in [0.1, 0.15) is 16.9 Å². The molecule has 0 bridgehead atoms. The minimum absolute atomic E-state index is 0.0682. The highest BCUT2D eigenvalue weighted by atomic mass is 16.5. The van der Waals surface area contributed by atoms with Crippen molar-refractivity contribution >= 4 is 11.9 Å². The third-order valence-corrected chi connectivity index (χ3v) is 3.08. The lowest BCUT2D eigenvalue weighted by Gasteiger charge is -2.20. The molecule has 1 aromatic rings. The number of hydrogen-bond donors (Lipinski definition) is 2. The van der Waals surface area contributed by atoms with E-state index in [4.69, 9.17) is 9.84 Å². The number of nitrogens with zero attached hydrogens (tertiary/aromatic N) is 3. The van der Waals surface area contributed by atoms with Crippen LogP contribution in [0.15, 0.2) is 6.20 Å². The molecule has 2 rings (SSSR count). The van der Waals surface area contributed by atoms with E-state index in [-0.39, 0.29) is 19.1 Å². The fourth-order valence-electron chi connectivity index (χ4n) is 2.08. The second-order valence-corrected chi connectivity index (χ2v) is 4.43.